The number of hydrogen-bond donors (Lipinski definition) is 1. The smallest absolute Gasteiger partial charge is 0.251 e. The number of hydrogen-bond acceptors (Lipinski definition) is 3. The molecular formula is C12H10Cl2N2O2. The zero-order chi connectivity index (χ0) is 13.1. The van der Waals surface area contributed by atoms with Crippen molar-refractivity contribution >= 4 is 29.1 Å². The maximum atomic E-state index is 11.8. The number of amides is 1. The van der Waals surface area contributed by atoms with Crippen molar-refractivity contribution in [3.63, 3.8) is 0 Å². The maximum absolute atomic E-state index is 11.8. The van der Waals surface area contributed by atoms with E-state index in [1.54, 1.807) is 12.1 Å². The van der Waals surface area contributed by atoms with E-state index in [-0.39, 0.29) is 12.5 Å². The van der Waals surface area contributed by atoms with Gasteiger partial charge in [0.15, 0.2) is 6.39 Å². The third kappa shape index (κ3) is 2.83. The van der Waals surface area contributed by atoms with Crippen LogP contribution in [0.15, 0.2) is 29.0 Å². The maximum Gasteiger partial charge on any atom is 0.251 e. The van der Waals surface area contributed by atoms with E-state index < -0.39 is 0 Å². The molecule has 1 aromatic carbocycles. The minimum Gasteiger partial charge on any atom is -0.446 e. The number of rotatable bonds is 3. The minimum absolute atomic E-state index is 0.246. The zero-order valence-electron chi connectivity index (χ0n) is 9.54. The number of aryl methyl sites for hydroxylation is 1. The first-order chi connectivity index (χ1) is 8.58. The fourth-order valence-electron chi connectivity index (χ4n) is 1.40. The van der Waals surface area contributed by atoms with Crippen molar-refractivity contribution in [1.82, 2.24) is 10.3 Å². The van der Waals surface area contributed by atoms with Crippen LogP contribution in [-0.4, -0.2) is 10.9 Å². The lowest BCUT2D eigenvalue weighted by Crippen LogP contribution is -2.22. The SMILES string of the molecule is Cc1ncoc1CNC(=O)c1ccc(Cl)c(Cl)c1. The predicted octanol–water partition coefficient (Wildman–Crippen LogP) is 3.22. The molecule has 1 amide bonds. The van der Waals surface area contributed by atoms with Gasteiger partial charge in [-0.2, -0.15) is 0 Å². The van der Waals surface area contributed by atoms with Gasteiger partial charge in [-0.3, -0.25) is 4.79 Å². The van der Waals surface area contributed by atoms with Crippen LogP contribution in [0.1, 0.15) is 21.8 Å². The Morgan fingerprint density at radius 3 is 2.78 bits per heavy atom. The van der Waals surface area contributed by atoms with Crippen LogP contribution in [0.25, 0.3) is 0 Å². The van der Waals surface area contributed by atoms with Crippen LogP contribution >= 0.6 is 23.2 Å². The molecule has 2 aromatic rings. The third-order valence-electron chi connectivity index (χ3n) is 2.44. The Hall–Kier alpha value is -1.52. The molecule has 4 nitrogen and oxygen atoms in total. The number of aromatic nitrogens is 1. The predicted molar refractivity (Wildman–Crippen MR) is 68.9 cm³/mol. The highest BCUT2D eigenvalue weighted by Crippen LogP contribution is 2.22. The number of nitrogens with one attached hydrogen (secondary N) is 1. The first-order valence-corrected chi connectivity index (χ1v) is 5.95. The second-order valence-electron chi connectivity index (χ2n) is 3.67. The van der Waals surface area contributed by atoms with Crippen molar-refractivity contribution in [2.24, 2.45) is 0 Å². The first kappa shape index (κ1) is 12.9. The van der Waals surface area contributed by atoms with Gasteiger partial charge in [-0.05, 0) is 25.1 Å². The molecule has 0 spiro atoms. The Morgan fingerprint density at radius 2 is 2.17 bits per heavy atom. The Balaban J connectivity index is 2.04. The second kappa shape index (κ2) is 5.42. The van der Waals surface area contributed by atoms with Crippen LogP contribution in [0.3, 0.4) is 0 Å². The summed E-state index contributed by atoms with van der Waals surface area (Å²) >= 11 is 11.6. The zero-order valence-corrected chi connectivity index (χ0v) is 11.0. The molecule has 0 aliphatic heterocycles. The van der Waals surface area contributed by atoms with Crippen molar-refractivity contribution in [2.45, 2.75) is 13.5 Å². The molecule has 0 atom stereocenters. The fraction of sp³-hybridized carbons (Fsp3) is 0.167. The van der Waals surface area contributed by atoms with Gasteiger partial charge in [0.05, 0.1) is 22.3 Å². The van der Waals surface area contributed by atoms with E-state index in [1.165, 1.54) is 12.5 Å². The van der Waals surface area contributed by atoms with Crippen LogP contribution in [0.2, 0.25) is 10.0 Å². The second-order valence-corrected chi connectivity index (χ2v) is 4.49. The quantitative estimate of drug-likeness (QED) is 0.942. The summed E-state index contributed by atoms with van der Waals surface area (Å²) in [6.07, 6.45) is 1.34. The van der Waals surface area contributed by atoms with Gasteiger partial charge in [-0.15, -0.1) is 0 Å². The number of carbonyl (C=O) groups excluding carboxylic acids is 1. The number of oxazole rings is 1. The topological polar surface area (TPSA) is 55.1 Å². The summed E-state index contributed by atoms with van der Waals surface area (Å²) in [6, 6.07) is 4.71. The van der Waals surface area contributed by atoms with E-state index in [2.05, 4.69) is 10.3 Å². The summed E-state index contributed by atoms with van der Waals surface area (Å²) in [7, 11) is 0. The first-order valence-electron chi connectivity index (χ1n) is 5.20. The van der Waals surface area contributed by atoms with E-state index in [1.807, 2.05) is 6.92 Å². The monoisotopic (exact) mass is 284 g/mol. The molecular weight excluding hydrogens is 275 g/mol. The van der Waals surface area contributed by atoms with Crippen molar-refractivity contribution < 1.29 is 9.21 Å². The molecule has 0 bridgehead atoms. The lowest BCUT2D eigenvalue weighted by Gasteiger charge is -2.04. The largest absolute Gasteiger partial charge is 0.446 e. The summed E-state index contributed by atoms with van der Waals surface area (Å²) in [5, 5.41) is 3.48. The molecule has 0 radical (unpaired) electrons. The number of nitrogens with zero attached hydrogens (tertiary/aromatic N) is 1. The van der Waals surface area contributed by atoms with E-state index >= 15 is 0 Å². The summed E-state index contributed by atoms with van der Waals surface area (Å²) < 4.78 is 5.12. The van der Waals surface area contributed by atoms with Gasteiger partial charge >= 0.3 is 0 Å². The highest BCUT2D eigenvalue weighted by Gasteiger charge is 2.10. The molecule has 0 aliphatic carbocycles. The van der Waals surface area contributed by atoms with Crippen LogP contribution in [0.4, 0.5) is 0 Å². The lowest BCUT2D eigenvalue weighted by atomic mass is 10.2. The number of carbonyl (C=O) groups is 1. The summed E-state index contributed by atoms with van der Waals surface area (Å²) in [5.74, 6) is 0.382. The average molecular weight is 285 g/mol. The fourth-order valence-corrected chi connectivity index (χ4v) is 1.69. The summed E-state index contributed by atoms with van der Waals surface area (Å²) in [6.45, 7) is 2.09. The molecule has 0 saturated heterocycles. The van der Waals surface area contributed by atoms with Gasteiger partial charge in [0.25, 0.3) is 5.91 Å². The van der Waals surface area contributed by atoms with Gasteiger partial charge in [0.2, 0.25) is 0 Å². The minimum atomic E-state index is -0.246. The molecule has 2 rings (SSSR count). The normalized spacial score (nSPS) is 10.4. The number of halogens is 2. The van der Waals surface area contributed by atoms with Gasteiger partial charge in [0, 0.05) is 5.56 Å². The van der Waals surface area contributed by atoms with E-state index in [0.717, 1.165) is 5.69 Å². The molecule has 0 aliphatic rings. The number of benzene rings is 1. The van der Waals surface area contributed by atoms with Crippen LogP contribution < -0.4 is 5.32 Å². The molecule has 1 heterocycles. The van der Waals surface area contributed by atoms with Gasteiger partial charge < -0.3 is 9.73 Å². The highest BCUT2D eigenvalue weighted by molar-refractivity contribution is 6.42. The van der Waals surface area contributed by atoms with Crippen molar-refractivity contribution in [3.05, 3.63) is 51.7 Å². The molecule has 0 saturated carbocycles. The van der Waals surface area contributed by atoms with Gasteiger partial charge in [-0.1, -0.05) is 23.2 Å². The van der Waals surface area contributed by atoms with E-state index in [4.69, 9.17) is 27.6 Å². The molecule has 0 fully saturated rings. The molecule has 0 unspecified atom stereocenters. The van der Waals surface area contributed by atoms with E-state index in [0.29, 0.717) is 21.4 Å². The molecule has 94 valence electrons. The standard InChI is InChI=1S/C12H10Cl2N2O2/c1-7-11(18-6-16-7)5-15-12(17)8-2-3-9(13)10(14)4-8/h2-4,6H,5H2,1H3,(H,15,17). The van der Waals surface area contributed by atoms with Crippen LogP contribution in [-0.2, 0) is 6.54 Å². The van der Waals surface area contributed by atoms with Gasteiger partial charge in [0.1, 0.15) is 5.76 Å². The van der Waals surface area contributed by atoms with Crippen LogP contribution in [0.5, 0.6) is 0 Å². The molecule has 18 heavy (non-hydrogen) atoms. The van der Waals surface area contributed by atoms with E-state index in [9.17, 15) is 4.79 Å². The lowest BCUT2D eigenvalue weighted by molar-refractivity contribution is 0.0948. The molecule has 6 heteroatoms. The highest BCUT2D eigenvalue weighted by atomic mass is 35.5. The van der Waals surface area contributed by atoms with Crippen molar-refractivity contribution in [3.8, 4) is 0 Å². The van der Waals surface area contributed by atoms with Gasteiger partial charge in [-0.25, -0.2) is 4.98 Å². The Morgan fingerprint density at radius 1 is 1.39 bits per heavy atom. The van der Waals surface area contributed by atoms with Crippen molar-refractivity contribution in [2.75, 3.05) is 0 Å². The Bertz CT molecular complexity index is 581. The Kier molecular flexibility index (Phi) is 3.89. The summed E-state index contributed by atoms with van der Waals surface area (Å²) in [4.78, 5) is 15.8. The molecule has 1 aromatic heterocycles. The van der Waals surface area contributed by atoms with Crippen LogP contribution in [0, 0.1) is 6.92 Å². The average Bonchev–Trinajstić information content (AvgIpc) is 2.75. The summed E-state index contributed by atoms with van der Waals surface area (Å²) in [5.41, 5.74) is 1.20. The van der Waals surface area contributed by atoms with Crippen molar-refractivity contribution in [1.29, 1.82) is 0 Å². The Labute approximate surface area is 114 Å². The third-order valence-corrected chi connectivity index (χ3v) is 3.18. The molecule has 1 N–H and O–H groups in total.